The molecule has 31 heavy (non-hydrogen) atoms. The van der Waals surface area contributed by atoms with E-state index >= 15 is 0 Å². The van der Waals surface area contributed by atoms with Crippen LogP contribution >= 0.6 is 11.3 Å². The first-order chi connectivity index (χ1) is 14.6. The molecular formula is C19H14F3N5O3S. The van der Waals surface area contributed by atoms with Gasteiger partial charge in [0.25, 0.3) is 11.8 Å². The lowest BCUT2D eigenvalue weighted by molar-refractivity contribution is -0.142. The maximum Gasteiger partial charge on any atom is 0.433 e. The van der Waals surface area contributed by atoms with Crippen molar-refractivity contribution in [3.05, 3.63) is 57.9 Å². The van der Waals surface area contributed by atoms with Crippen LogP contribution in [0.25, 0.3) is 17.1 Å². The number of fused-ring (bicyclic) bond motifs is 1. The third-order valence-corrected chi connectivity index (χ3v) is 5.71. The number of aromatic nitrogens is 3. The van der Waals surface area contributed by atoms with Crippen LogP contribution in [0, 0.1) is 13.8 Å². The van der Waals surface area contributed by atoms with Gasteiger partial charge in [0.1, 0.15) is 10.7 Å². The number of nitrogens with one attached hydrogen (secondary N) is 1. The Labute approximate surface area is 176 Å². The largest absolute Gasteiger partial charge is 0.463 e. The molecule has 0 aliphatic carbocycles. The van der Waals surface area contributed by atoms with Crippen LogP contribution in [0.15, 0.2) is 34.9 Å². The van der Waals surface area contributed by atoms with Gasteiger partial charge in [0.2, 0.25) is 0 Å². The Morgan fingerprint density at radius 3 is 2.61 bits per heavy atom. The molecule has 2 amide bonds. The minimum atomic E-state index is -4.76. The van der Waals surface area contributed by atoms with Gasteiger partial charge >= 0.3 is 6.18 Å². The highest BCUT2D eigenvalue weighted by Crippen LogP contribution is 2.34. The molecule has 4 rings (SSSR count). The number of thiophene rings is 1. The molecule has 0 fully saturated rings. The number of furan rings is 1. The number of hydrogen-bond acceptors (Lipinski definition) is 6. The lowest BCUT2D eigenvalue weighted by atomic mass is 10.1. The molecule has 3 N–H and O–H groups in total. The summed E-state index contributed by atoms with van der Waals surface area (Å²) in [7, 11) is 0. The number of aryl methyl sites for hydroxylation is 1. The number of nitrogens with two attached hydrogens (primary N) is 1. The monoisotopic (exact) mass is 449 g/mol. The van der Waals surface area contributed by atoms with Crippen molar-refractivity contribution >= 4 is 33.8 Å². The number of anilines is 1. The minimum absolute atomic E-state index is 0.0581. The molecule has 0 saturated carbocycles. The van der Waals surface area contributed by atoms with Gasteiger partial charge in [-0.2, -0.15) is 18.3 Å². The normalized spacial score (nSPS) is 11.8. The summed E-state index contributed by atoms with van der Waals surface area (Å²) in [5, 5.41) is 6.49. The van der Waals surface area contributed by atoms with Gasteiger partial charge in [-0.15, -0.1) is 11.3 Å². The van der Waals surface area contributed by atoms with E-state index in [0.717, 1.165) is 28.3 Å². The van der Waals surface area contributed by atoms with Crippen molar-refractivity contribution in [3.63, 3.8) is 0 Å². The number of carbonyl (C=O) groups excluding carboxylic acids is 2. The Balaban J connectivity index is 1.78. The number of hydrogen-bond donors (Lipinski definition) is 2. The summed E-state index contributed by atoms with van der Waals surface area (Å²) in [6, 6.07) is 4.90. The maximum absolute atomic E-state index is 13.6. The summed E-state index contributed by atoms with van der Waals surface area (Å²) < 4.78 is 46.5. The van der Waals surface area contributed by atoms with Crippen molar-refractivity contribution in [2.75, 3.05) is 5.32 Å². The van der Waals surface area contributed by atoms with Crippen molar-refractivity contribution in [1.29, 1.82) is 0 Å². The van der Waals surface area contributed by atoms with Crippen LogP contribution in [0.2, 0.25) is 0 Å². The SMILES string of the molecule is Cc1sc(NC(=O)c2cc3nc(-c4ccco4)cc(C(F)(F)F)n3n2)c(C(N)=O)c1C. The second-order valence-electron chi connectivity index (χ2n) is 6.61. The summed E-state index contributed by atoms with van der Waals surface area (Å²) in [6.45, 7) is 3.44. The number of nitrogens with zero attached hydrogens (tertiary/aromatic N) is 3. The van der Waals surface area contributed by atoms with Gasteiger partial charge < -0.3 is 15.5 Å². The molecule has 4 heterocycles. The van der Waals surface area contributed by atoms with E-state index < -0.39 is 23.7 Å². The van der Waals surface area contributed by atoms with E-state index in [-0.39, 0.29) is 33.4 Å². The summed E-state index contributed by atoms with van der Waals surface area (Å²) in [6.07, 6.45) is -3.45. The van der Waals surface area contributed by atoms with Crippen molar-refractivity contribution in [1.82, 2.24) is 14.6 Å². The number of rotatable bonds is 4. The minimum Gasteiger partial charge on any atom is -0.463 e. The first-order valence-electron chi connectivity index (χ1n) is 8.79. The Bertz CT molecular complexity index is 1320. The molecule has 0 aliphatic rings. The van der Waals surface area contributed by atoms with E-state index in [1.54, 1.807) is 13.8 Å². The molecule has 4 aromatic heterocycles. The van der Waals surface area contributed by atoms with E-state index in [0.29, 0.717) is 10.1 Å². The van der Waals surface area contributed by atoms with Gasteiger partial charge in [-0.05, 0) is 37.6 Å². The van der Waals surface area contributed by atoms with Gasteiger partial charge in [0.15, 0.2) is 22.8 Å². The zero-order valence-electron chi connectivity index (χ0n) is 16.1. The Kier molecular flexibility index (Phi) is 4.81. The number of amides is 2. The Morgan fingerprint density at radius 2 is 2.00 bits per heavy atom. The zero-order valence-corrected chi connectivity index (χ0v) is 16.9. The number of carbonyl (C=O) groups is 2. The molecular weight excluding hydrogens is 435 g/mol. The third kappa shape index (κ3) is 3.65. The summed E-state index contributed by atoms with van der Waals surface area (Å²) in [5.74, 6) is -1.39. The molecule has 0 bridgehead atoms. The fourth-order valence-corrected chi connectivity index (χ4v) is 4.08. The fraction of sp³-hybridized carbons (Fsp3) is 0.158. The average molecular weight is 449 g/mol. The van der Waals surface area contributed by atoms with Crippen molar-refractivity contribution in [2.45, 2.75) is 20.0 Å². The standard InChI is InChI=1S/C19H14F3N5O3S/c1-8-9(2)31-18(15(8)16(23)28)25-17(29)11-7-14-24-10(12-4-3-5-30-12)6-13(19(20,21)22)27(14)26-11/h3-7H,1-2H3,(H2,23,28)(H,25,29). The lowest BCUT2D eigenvalue weighted by Crippen LogP contribution is -2.18. The average Bonchev–Trinajstić information content (AvgIpc) is 3.39. The van der Waals surface area contributed by atoms with E-state index in [1.165, 1.54) is 18.4 Å². The molecule has 0 aliphatic heterocycles. The molecule has 160 valence electrons. The summed E-state index contributed by atoms with van der Waals surface area (Å²) in [5.41, 5.74) is 4.47. The number of halogens is 3. The first-order valence-corrected chi connectivity index (χ1v) is 9.61. The van der Waals surface area contributed by atoms with Gasteiger partial charge in [0.05, 0.1) is 11.8 Å². The van der Waals surface area contributed by atoms with E-state index in [9.17, 15) is 22.8 Å². The zero-order chi connectivity index (χ0) is 22.5. The van der Waals surface area contributed by atoms with E-state index in [1.807, 2.05) is 0 Å². The molecule has 12 heteroatoms. The number of alkyl halides is 3. The van der Waals surface area contributed by atoms with Gasteiger partial charge in [0, 0.05) is 10.9 Å². The molecule has 0 spiro atoms. The van der Waals surface area contributed by atoms with Gasteiger partial charge in [-0.1, -0.05) is 0 Å². The highest BCUT2D eigenvalue weighted by Gasteiger charge is 2.36. The maximum atomic E-state index is 13.6. The molecule has 0 aromatic carbocycles. The second kappa shape index (κ2) is 7.23. The van der Waals surface area contributed by atoms with Crippen LogP contribution < -0.4 is 11.1 Å². The van der Waals surface area contributed by atoms with Crippen LogP contribution in [-0.4, -0.2) is 26.4 Å². The molecule has 0 radical (unpaired) electrons. The van der Waals surface area contributed by atoms with Crippen LogP contribution in [-0.2, 0) is 6.18 Å². The smallest absolute Gasteiger partial charge is 0.433 e. The fourth-order valence-electron chi connectivity index (χ4n) is 3.02. The topological polar surface area (TPSA) is 116 Å². The van der Waals surface area contributed by atoms with E-state index in [2.05, 4.69) is 15.4 Å². The summed E-state index contributed by atoms with van der Waals surface area (Å²) >= 11 is 1.13. The van der Waals surface area contributed by atoms with Crippen LogP contribution in [0.1, 0.15) is 37.0 Å². The van der Waals surface area contributed by atoms with Gasteiger partial charge in [-0.3, -0.25) is 9.59 Å². The molecule has 0 unspecified atom stereocenters. The van der Waals surface area contributed by atoms with Crippen molar-refractivity contribution in [2.24, 2.45) is 5.73 Å². The van der Waals surface area contributed by atoms with Gasteiger partial charge in [-0.25, -0.2) is 9.50 Å². The van der Waals surface area contributed by atoms with Crippen LogP contribution in [0.5, 0.6) is 0 Å². The number of primary amides is 1. The third-order valence-electron chi connectivity index (χ3n) is 4.58. The highest BCUT2D eigenvalue weighted by atomic mass is 32.1. The lowest BCUT2D eigenvalue weighted by Gasteiger charge is -2.09. The molecule has 8 nitrogen and oxygen atoms in total. The quantitative estimate of drug-likeness (QED) is 0.488. The highest BCUT2D eigenvalue weighted by molar-refractivity contribution is 7.16. The summed E-state index contributed by atoms with van der Waals surface area (Å²) in [4.78, 5) is 29.3. The van der Waals surface area contributed by atoms with Crippen molar-refractivity contribution in [3.8, 4) is 11.5 Å². The molecule has 0 saturated heterocycles. The predicted octanol–water partition coefficient (Wildman–Crippen LogP) is 4.04. The molecule has 4 aromatic rings. The Morgan fingerprint density at radius 1 is 1.26 bits per heavy atom. The predicted molar refractivity (Wildman–Crippen MR) is 106 cm³/mol. The Hall–Kier alpha value is -3.67. The first kappa shape index (κ1) is 20.6. The van der Waals surface area contributed by atoms with Crippen molar-refractivity contribution < 1.29 is 27.2 Å². The van der Waals surface area contributed by atoms with Crippen LogP contribution in [0.3, 0.4) is 0 Å². The van der Waals surface area contributed by atoms with Crippen LogP contribution in [0.4, 0.5) is 18.2 Å². The van der Waals surface area contributed by atoms with E-state index in [4.69, 9.17) is 10.2 Å². The second-order valence-corrected chi connectivity index (χ2v) is 7.83. The molecule has 0 atom stereocenters.